The number of oxazole rings is 1. The minimum atomic E-state index is 0.587. The molecule has 0 saturated heterocycles. The molecule has 0 spiro atoms. The lowest BCUT2D eigenvalue weighted by Crippen LogP contribution is -2.12. The molecule has 0 fully saturated rings. The molecule has 0 aliphatic rings. The highest BCUT2D eigenvalue weighted by Crippen LogP contribution is 2.25. The molecule has 2 rings (SSSR count). The molecule has 0 saturated carbocycles. The number of nitrogens with zero attached hydrogens (tertiary/aromatic N) is 3. The van der Waals surface area contributed by atoms with E-state index in [1.807, 2.05) is 26.2 Å². The van der Waals surface area contributed by atoms with Crippen LogP contribution in [0.25, 0.3) is 0 Å². The number of aromatic nitrogens is 3. The van der Waals surface area contributed by atoms with Crippen molar-refractivity contribution in [3.8, 4) is 0 Å². The second-order valence-electron chi connectivity index (χ2n) is 3.88. The number of aryl methyl sites for hydroxylation is 2. The third-order valence-corrected chi connectivity index (χ3v) is 3.19. The van der Waals surface area contributed by atoms with E-state index in [9.17, 15) is 0 Å². The summed E-state index contributed by atoms with van der Waals surface area (Å²) in [6.07, 6.45) is 3.64. The van der Waals surface area contributed by atoms with Crippen molar-refractivity contribution >= 4 is 11.8 Å². The predicted octanol–water partition coefficient (Wildman–Crippen LogP) is 2.34. The minimum absolute atomic E-state index is 0.587. The largest absolute Gasteiger partial charge is 0.436 e. The van der Waals surface area contributed by atoms with E-state index < -0.39 is 0 Å². The van der Waals surface area contributed by atoms with Gasteiger partial charge in [-0.3, -0.25) is 0 Å². The highest BCUT2D eigenvalue weighted by Gasteiger charge is 2.09. The average Bonchev–Trinajstić information content (AvgIpc) is 2.67. The van der Waals surface area contributed by atoms with Crippen molar-refractivity contribution in [3.63, 3.8) is 0 Å². The van der Waals surface area contributed by atoms with E-state index in [0.29, 0.717) is 10.4 Å². The first-order valence-corrected chi connectivity index (χ1v) is 6.64. The first-order valence-electron chi connectivity index (χ1n) is 5.82. The highest BCUT2D eigenvalue weighted by atomic mass is 32.2. The normalized spacial score (nSPS) is 10.8. The molecule has 0 atom stereocenters. The van der Waals surface area contributed by atoms with Gasteiger partial charge in [-0.1, -0.05) is 6.92 Å². The van der Waals surface area contributed by atoms with Gasteiger partial charge in [0.25, 0.3) is 5.22 Å². The molecule has 6 heteroatoms. The molecule has 2 aromatic heterocycles. The zero-order valence-corrected chi connectivity index (χ0v) is 11.5. The Labute approximate surface area is 110 Å². The summed E-state index contributed by atoms with van der Waals surface area (Å²) < 4.78 is 5.47. The summed E-state index contributed by atoms with van der Waals surface area (Å²) in [5.41, 5.74) is 1.97. The second-order valence-corrected chi connectivity index (χ2v) is 4.80. The molecular weight excluding hydrogens is 248 g/mol. The summed E-state index contributed by atoms with van der Waals surface area (Å²) in [7, 11) is 0. The summed E-state index contributed by atoms with van der Waals surface area (Å²) in [5, 5.41) is 4.46. The van der Waals surface area contributed by atoms with E-state index in [4.69, 9.17) is 4.42 Å². The van der Waals surface area contributed by atoms with Gasteiger partial charge >= 0.3 is 0 Å². The van der Waals surface area contributed by atoms with Gasteiger partial charge in [0, 0.05) is 36.3 Å². The van der Waals surface area contributed by atoms with Crippen LogP contribution < -0.4 is 5.32 Å². The van der Waals surface area contributed by atoms with Crippen LogP contribution in [0.15, 0.2) is 27.2 Å². The molecule has 0 aromatic carbocycles. The Morgan fingerprint density at radius 2 is 2.00 bits per heavy atom. The number of hydrogen-bond acceptors (Lipinski definition) is 6. The molecule has 0 aliphatic carbocycles. The molecule has 0 radical (unpaired) electrons. The Balaban J connectivity index is 2.01. The van der Waals surface area contributed by atoms with Crippen molar-refractivity contribution in [1.82, 2.24) is 20.3 Å². The van der Waals surface area contributed by atoms with E-state index in [0.717, 1.165) is 30.1 Å². The van der Waals surface area contributed by atoms with Crippen molar-refractivity contribution < 1.29 is 4.42 Å². The predicted molar refractivity (Wildman–Crippen MR) is 69.5 cm³/mol. The van der Waals surface area contributed by atoms with Crippen molar-refractivity contribution in [3.05, 3.63) is 29.4 Å². The maximum Gasteiger partial charge on any atom is 0.264 e. The first-order chi connectivity index (χ1) is 8.69. The van der Waals surface area contributed by atoms with Crippen molar-refractivity contribution in [2.45, 2.75) is 37.7 Å². The van der Waals surface area contributed by atoms with E-state index in [2.05, 4.69) is 27.2 Å². The number of hydrogen-bond donors (Lipinski definition) is 1. The van der Waals surface area contributed by atoms with Crippen LogP contribution in [0.5, 0.6) is 0 Å². The van der Waals surface area contributed by atoms with Crippen molar-refractivity contribution in [1.29, 1.82) is 0 Å². The summed E-state index contributed by atoms with van der Waals surface area (Å²) in [4.78, 5) is 12.8. The topological polar surface area (TPSA) is 63.8 Å². The van der Waals surface area contributed by atoms with Crippen molar-refractivity contribution in [2.75, 3.05) is 6.54 Å². The Morgan fingerprint density at radius 1 is 1.28 bits per heavy atom. The van der Waals surface area contributed by atoms with Crippen LogP contribution in [0.1, 0.15) is 23.9 Å². The zero-order chi connectivity index (χ0) is 13.0. The van der Waals surface area contributed by atoms with Gasteiger partial charge < -0.3 is 9.73 Å². The van der Waals surface area contributed by atoms with Gasteiger partial charge in [0.15, 0.2) is 5.16 Å². The Morgan fingerprint density at radius 3 is 2.56 bits per heavy atom. The van der Waals surface area contributed by atoms with Crippen LogP contribution in [0.2, 0.25) is 0 Å². The number of rotatable bonds is 5. The molecular formula is C12H16N4OS. The average molecular weight is 264 g/mol. The quantitative estimate of drug-likeness (QED) is 0.836. The van der Waals surface area contributed by atoms with E-state index >= 15 is 0 Å². The van der Waals surface area contributed by atoms with Gasteiger partial charge in [0.05, 0.1) is 5.69 Å². The van der Waals surface area contributed by atoms with Crippen LogP contribution in [-0.2, 0) is 6.54 Å². The zero-order valence-electron chi connectivity index (χ0n) is 10.7. The molecule has 96 valence electrons. The monoisotopic (exact) mass is 264 g/mol. The first kappa shape index (κ1) is 13.0. The third-order valence-electron chi connectivity index (χ3n) is 2.45. The minimum Gasteiger partial charge on any atom is -0.436 e. The van der Waals surface area contributed by atoms with Crippen LogP contribution in [-0.4, -0.2) is 21.5 Å². The van der Waals surface area contributed by atoms with Crippen molar-refractivity contribution in [2.24, 2.45) is 0 Å². The third kappa shape index (κ3) is 3.30. The van der Waals surface area contributed by atoms with Gasteiger partial charge in [-0.15, -0.1) is 0 Å². The molecule has 0 aliphatic heterocycles. The Bertz CT molecular complexity index is 490. The molecule has 0 unspecified atom stereocenters. The highest BCUT2D eigenvalue weighted by molar-refractivity contribution is 7.98. The van der Waals surface area contributed by atoms with Gasteiger partial charge in [0.2, 0.25) is 0 Å². The maximum absolute atomic E-state index is 5.47. The molecule has 0 amide bonds. The van der Waals surface area contributed by atoms with Crippen LogP contribution >= 0.6 is 11.8 Å². The summed E-state index contributed by atoms with van der Waals surface area (Å²) in [6, 6.07) is 0. The summed E-state index contributed by atoms with van der Waals surface area (Å²) in [5.74, 6) is 0.835. The van der Waals surface area contributed by atoms with Crippen LogP contribution in [0.3, 0.4) is 0 Å². The summed E-state index contributed by atoms with van der Waals surface area (Å²) >= 11 is 1.33. The standard InChI is InChI=1S/C12H16N4OS/c1-4-13-5-10-6-14-11(15-7-10)18-12-16-8(2)9(3)17-12/h6-7,13H,4-5H2,1-3H3. The van der Waals surface area contributed by atoms with Crippen LogP contribution in [0.4, 0.5) is 0 Å². The van der Waals surface area contributed by atoms with Gasteiger partial charge in [-0.25, -0.2) is 15.0 Å². The van der Waals surface area contributed by atoms with Crippen LogP contribution in [0, 0.1) is 13.8 Å². The molecule has 2 heterocycles. The fourth-order valence-corrected chi connectivity index (χ4v) is 2.04. The fourth-order valence-electron chi connectivity index (χ4n) is 1.32. The second kappa shape index (κ2) is 5.97. The lowest BCUT2D eigenvalue weighted by atomic mass is 10.3. The Hall–Kier alpha value is -1.40. The lowest BCUT2D eigenvalue weighted by Gasteiger charge is -2.01. The van der Waals surface area contributed by atoms with E-state index in [1.54, 1.807) is 0 Å². The Kier molecular flexibility index (Phi) is 4.33. The maximum atomic E-state index is 5.47. The fraction of sp³-hybridized carbons (Fsp3) is 0.417. The summed E-state index contributed by atoms with van der Waals surface area (Å²) in [6.45, 7) is 7.61. The SMILES string of the molecule is CCNCc1cnc(Sc2nc(C)c(C)o2)nc1. The van der Waals surface area contributed by atoms with E-state index in [1.165, 1.54) is 11.8 Å². The molecule has 0 bridgehead atoms. The van der Waals surface area contributed by atoms with Gasteiger partial charge in [0.1, 0.15) is 5.76 Å². The smallest absolute Gasteiger partial charge is 0.264 e. The molecule has 2 aromatic rings. The number of nitrogens with one attached hydrogen (secondary N) is 1. The van der Waals surface area contributed by atoms with E-state index in [-0.39, 0.29) is 0 Å². The molecule has 5 nitrogen and oxygen atoms in total. The molecule has 18 heavy (non-hydrogen) atoms. The lowest BCUT2D eigenvalue weighted by molar-refractivity contribution is 0.430. The van der Waals surface area contributed by atoms with Gasteiger partial charge in [-0.2, -0.15) is 0 Å². The van der Waals surface area contributed by atoms with Gasteiger partial charge in [-0.05, 0) is 20.4 Å². The molecule has 1 N–H and O–H groups in total.